The number of nitrogens with two attached hydrogens (primary N) is 1. The van der Waals surface area contributed by atoms with E-state index in [1.807, 2.05) is 0 Å². The lowest BCUT2D eigenvalue weighted by Gasteiger charge is -2.06. The Balaban J connectivity index is 3.11. The Morgan fingerprint density at radius 1 is 1.64 bits per heavy atom. The SMILES string of the molecule is CCOC(=O)c1ccc(F)c(Cl)c1N. The van der Waals surface area contributed by atoms with Crippen molar-refractivity contribution in [2.75, 3.05) is 12.3 Å². The highest BCUT2D eigenvalue weighted by Gasteiger charge is 2.15. The highest BCUT2D eigenvalue weighted by Crippen LogP contribution is 2.26. The zero-order valence-electron chi connectivity index (χ0n) is 7.51. The van der Waals surface area contributed by atoms with Crippen molar-refractivity contribution in [3.8, 4) is 0 Å². The summed E-state index contributed by atoms with van der Waals surface area (Å²) >= 11 is 5.52. The minimum atomic E-state index is -0.655. The van der Waals surface area contributed by atoms with Crippen LogP contribution in [0, 0.1) is 5.82 Å². The van der Waals surface area contributed by atoms with Crippen molar-refractivity contribution >= 4 is 23.3 Å². The van der Waals surface area contributed by atoms with E-state index in [4.69, 9.17) is 22.1 Å². The first kappa shape index (κ1) is 10.8. The Morgan fingerprint density at radius 2 is 2.29 bits per heavy atom. The molecule has 0 bridgehead atoms. The largest absolute Gasteiger partial charge is 0.462 e. The molecule has 5 heteroatoms. The fourth-order valence-electron chi connectivity index (χ4n) is 0.953. The molecule has 0 radical (unpaired) electrons. The Bertz CT molecular complexity index is 368. The molecule has 0 spiro atoms. The average Bonchev–Trinajstić information content (AvgIpc) is 2.15. The fraction of sp³-hybridized carbons (Fsp3) is 0.222. The summed E-state index contributed by atoms with van der Waals surface area (Å²) in [6, 6.07) is 2.32. The molecule has 76 valence electrons. The van der Waals surface area contributed by atoms with Gasteiger partial charge >= 0.3 is 5.97 Å². The van der Waals surface area contributed by atoms with Gasteiger partial charge in [0.15, 0.2) is 0 Å². The minimum Gasteiger partial charge on any atom is -0.462 e. The number of esters is 1. The third kappa shape index (κ3) is 1.96. The number of benzene rings is 1. The summed E-state index contributed by atoms with van der Waals surface area (Å²) in [5.41, 5.74) is 5.43. The predicted molar refractivity (Wildman–Crippen MR) is 51.8 cm³/mol. The van der Waals surface area contributed by atoms with E-state index in [1.54, 1.807) is 6.92 Å². The van der Waals surface area contributed by atoms with Crippen LogP contribution < -0.4 is 5.73 Å². The van der Waals surface area contributed by atoms with Crippen molar-refractivity contribution in [2.24, 2.45) is 0 Å². The van der Waals surface area contributed by atoms with Gasteiger partial charge in [0.1, 0.15) is 10.8 Å². The van der Waals surface area contributed by atoms with Crippen LogP contribution in [0.25, 0.3) is 0 Å². The van der Waals surface area contributed by atoms with E-state index in [0.29, 0.717) is 0 Å². The molecule has 0 saturated heterocycles. The molecule has 1 rings (SSSR count). The molecule has 0 aliphatic carbocycles. The van der Waals surface area contributed by atoms with Crippen LogP contribution in [0.3, 0.4) is 0 Å². The molecule has 0 unspecified atom stereocenters. The Hall–Kier alpha value is -1.29. The molecule has 0 aliphatic heterocycles. The number of hydrogen-bond acceptors (Lipinski definition) is 3. The van der Waals surface area contributed by atoms with Crippen LogP contribution in [0.2, 0.25) is 5.02 Å². The zero-order valence-corrected chi connectivity index (χ0v) is 8.27. The first-order chi connectivity index (χ1) is 6.57. The lowest BCUT2D eigenvalue weighted by Crippen LogP contribution is -2.08. The smallest absolute Gasteiger partial charge is 0.340 e. The predicted octanol–water partition coefficient (Wildman–Crippen LogP) is 2.24. The molecule has 0 aliphatic rings. The van der Waals surface area contributed by atoms with E-state index in [0.717, 1.165) is 6.07 Å². The van der Waals surface area contributed by atoms with Gasteiger partial charge < -0.3 is 10.5 Å². The van der Waals surface area contributed by atoms with Gasteiger partial charge in [-0.15, -0.1) is 0 Å². The third-order valence-electron chi connectivity index (χ3n) is 1.63. The van der Waals surface area contributed by atoms with Gasteiger partial charge in [0, 0.05) is 0 Å². The molecular formula is C9H9ClFNO2. The lowest BCUT2D eigenvalue weighted by molar-refractivity contribution is 0.0527. The maximum Gasteiger partial charge on any atom is 0.340 e. The van der Waals surface area contributed by atoms with Gasteiger partial charge in [-0.3, -0.25) is 0 Å². The maximum atomic E-state index is 12.8. The van der Waals surface area contributed by atoms with Gasteiger partial charge in [0.25, 0.3) is 0 Å². The minimum absolute atomic E-state index is 0.0817. The summed E-state index contributed by atoms with van der Waals surface area (Å²) in [4.78, 5) is 11.2. The topological polar surface area (TPSA) is 52.3 Å². The second kappa shape index (κ2) is 4.28. The second-order valence-electron chi connectivity index (χ2n) is 2.54. The molecule has 0 heterocycles. The molecular weight excluding hydrogens is 209 g/mol. The van der Waals surface area contributed by atoms with Crippen LogP contribution in [0.4, 0.5) is 10.1 Å². The van der Waals surface area contributed by atoms with Gasteiger partial charge in [-0.1, -0.05) is 11.6 Å². The van der Waals surface area contributed by atoms with Crippen molar-refractivity contribution in [1.29, 1.82) is 0 Å². The normalized spacial score (nSPS) is 9.93. The highest BCUT2D eigenvalue weighted by atomic mass is 35.5. The molecule has 0 amide bonds. The molecule has 14 heavy (non-hydrogen) atoms. The summed E-state index contributed by atoms with van der Waals surface area (Å²) in [7, 11) is 0. The van der Waals surface area contributed by atoms with E-state index in [1.165, 1.54) is 6.07 Å². The average molecular weight is 218 g/mol. The van der Waals surface area contributed by atoms with Crippen LogP contribution in [0.5, 0.6) is 0 Å². The van der Waals surface area contributed by atoms with Crippen molar-refractivity contribution < 1.29 is 13.9 Å². The number of rotatable bonds is 2. The quantitative estimate of drug-likeness (QED) is 0.611. The summed E-state index contributed by atoms with van der Waals surface area (Å²) in [6.07, 6.45) is 0. The van der Waals surface area contributed by atoms with Gasteiger partial charge in [-0.2, -0.15) is 0 Å². The molecule has 0 atom stereocenters. The van der Waals surface area contributed by atoms with Crippen LogP contribution >= 0.6 is 11.6 Å². The van der Waals surface area contributed by atoms with E-state index >= 15 is 0 Å². The van der Waals surface area contributed by atoms with Crippen molar-refractivity contribution in [3.05, 3.63) is 28.5 Å². The van der Waals surface area contributed by atoms with Crippen molar-refractivity contribution in [3.63, 3.8) is 0 Å². The molecule has 2 N–H and O–H groups in total. The highest BCUT2D eigenvalue weighted by molar-refractivity contribution is 6.34. The number of hydrogen-bond donors (Lipinski definition) is 1. The lowest BCUT2D eigenvalue weighted by atomic mass is 10.2. The molecule has 0 fully saturated rings. The zero-order chi connectivity index (χ0) is 10.7. The van der Waals surface area contributed by atoms with Crippen LogP contribution in [0.15, 0.2) is 12.1 Å². The van der Waals surface area contributed by atoms with Crippen LogP contribution in [0.1, 0.15) is 17.3 Å². The van der Waals surface area contributed by atoms with Crippen LogP contribution in [-0.4, -0.2) is 12.6 Å². The third-order valence-corrected chi connectivity index (χ3v) is 2.01. The number of nitrogen functional groups attached to an aromatic ring is 1. The second-order valence-corrected chi connectivity index (χ2v) is 2.92. The Morgan fingerprint density at radius 3 is 2.86 bits per heavy atom. The van der Waals surface area contributed by atoms with Gasteiger partial charge in [0.05, 0.1) is 17.9 Å². The molecule has 1 aromatic rings. The standard InChI is InChI=1S/C9H9ClFNO2/c1-2-14-9(13)5-3-4-6(11)7(10)8(5)12/h3-4H,2,12H2,1H3. The van der Waals surface area contributed by atoms with E-state index in [2.05, 4.69) is 0 Å². The number of ether oxygens (including phenoxy) is 1. The summed E-state index contributed by atoms with van der Waals surface area (Å²) in [6.45, 7) is 1.90. The van der Waals surface area contributed by atoms with Gasteiger partial charge in [-0.25, -0.2) is 9.18 Å². The molecule has 0 saturated carbocycles. The summed E-state index contributed by atoms with van der Waals surface area (Å²) in [5, 5.41) is -0.254. The Labute approximate surface area is 85.6 Å². The van der Waals surface area contributed by atoms with Crippen molar-refractivity contribution in [1.82, 2.24) is 0 Å². The van der Waals surface area contributed by atoms with Crippen molar-refractivity contribution in [2.45, 2.75) is 6.92 Å². The number of carbonyl (C=O) groups is 1. The monoisotopic (exact) mass is 217 g/mol. The molecule has 0 aromatic heterocycles. The van der Waals surface area contributed by atoms with E-state index in [-0.39, 0.29) is 22.9 Å². The summed E-state index contributed by atoms with van der Waals surface area (Å²) < 4.78 is 17.5. The van der Waals surface area contributed by atoms with Gasteiger partial charge in [0.2, 0.25) is 0 Å². The first-order valence-electron chi connectivity index (χ1n) is 3.98. The summed E-state index contributed by atoms with van der Waals surface area (Å²) in [5.74, 6) is -1.26. The van der Waals surface area contributed by atoms with E-state index in [9.17, 15) is 9.18 Å². The van der Waals surface area contributed by atoms with Crippen LogP contribution in [-0.2, 0) is 4.74 Å². The number of halogens is 2. The molecule has 1 aromatic carbocycles. The molecule has 3 nitrogen and oxygen atoms in total. The number of anilines is 1. The fourth-order valence-corrected chi connectivity index (χ4v) is 1.12. The Kier molecular flexibility index (Phi) is 3.30. The van der Waals surface area contributed by atoms with E-state index < -0.39 is 11.8 Å². The first-order valence-corrected chi connectivity index (χ1v) is 4.36. The maximum absolute atomic E-state index is 12.8. The number of carbonyl (C=O) groups excluding carboxylic acids is 1. The van der Waals surface area contributed by atoms with Gasteiger partial charge in [-0.05, 0) is 19.1 Å².